The van der Waals surface area contributed by atoms with Crippen LogP contribution in [0.3, 0.4) is 0 Å². The second kappa shape index (κ2) is 5.95. The first-order chi connectivity index (χ1) is 7.20. The van der Waals surface area contributed by atoms with Crippen LogP contribution in [0.15, 0.2) is 4.99 Å². The maximum Gasteiger partial charge on any atom is 0.208 e. The Bertz CT molecular complexity index is 213. The molecule has 88 valence electrons. The minimum absolute atomic E-state index is 0.594. The molecule has 0 bridgehead atoms. The molecule has 1 saturated heterocycles. The number of nitrogens with two attached hydrogens (primary N) is 1. The molecule has 1 aliphatic heterocycles. The highest BCUT2D eigenvalue weighted by Crippen LogP contribution is 2.23. The van der Waals surface area contributed by atoms with Crippen molar-refractivity contribution in [3.8, 4) is 0 Å². The summed E-state index contributed by atoms with van der Waals surface area (Å²) in [7, 11) is 0. The number of aliphatic imine (C=N–C) groups is 1. The minimum Gasteiger partial charge on any atom is -0.339 e. The van der Waals surface area contributed by atoms with Gasteiger partial charge in [0, 0.05) is 19.1 Å². The highest BCUT2D eigenvalue weighted by molar-refractivity contribution is 5.80. The van der Waals surface area contributed by atoms with Crippen LogP contribution in [0.4, 0.5) is 0 Å². The number of nitrogens with zero attached hydrogens (tertiary/aromatic N) is 2. The van der Waals surface area contributed by atoms with Crippen molar-refractivity contribution in [1.82, 2.24) is 10.3 Å². The van der Waals surface area contributed by atoms with E-state index in [0.29, 0.717) is 12.0 Å². The van der Waals surface area contributed by atoms with Crippen molar-refractivity contribution in [3.05, 3.63) is 0 Å². The monoisotopic (exact) mass is 212 g/mol. The van der Waals surface area contributed by atoms with E-state index < -0.39 is 0 Å². The highest BCUT2D eigenvalue weighted by atomic mass is 15.4. The Kier molecular flexibility index (Phi) is 4.88. The van der Waals surface area contributed by atoms with Gasteiger partial charge in [0.25, 0.3) is 0 Å². The molecule has 0 saturated carbocycles. The van der Waals surface area contributed by atoms with Gasteiger partial charge in [0.15, 0.2) is 0 Å². The Morgan fingerprint density at radius 2 is 2.33 bits per heavy atom. The van der Waals surface area contributed by atoms with Crippen LogP contribution in [0, 0.1) is 5.92 Å². The first-order valence-corrected chi connectivity index (χ1v) is 5.98. The van der Waals surface area contributed by atoms with Gasteiger partial charge in [-0.15, -0.1) is 0 Å². The molecule has 4 heteroatoms. The van der Waals surface area contributed by atoms with Crippen LogP contribution in [0.1, 0.15) is 40.0 Å². The molecule has 15 heavy (non-hydrogen) atoms. The van der Waals surface area contributed by atoms with Crippen LogP contribution in [-0.4, -0.2) is 30.0 Å². The summed E-state index contributed by atoms with van der Waals surface area (Å²) in [4.78, 5) is 6.80. The van der Waals surface area contributed by atoms with Gasteiger partial charge in [0.05, 0.1) is 0 Å². The smallest absolute Gasteiger partial charge is 0.208 e. The number of nitrogens with one attached hydrogen (secondary N) is 1. The third-order valence-electron chi connectivity index (χ3n) is 2.96. The molecule has 0 aromatic heterocycles. The number of likely N-dealkylation sites (tertiary alicyclic amines) is 1. The zero-order valence-electron chi connectivity index (χ0n) is 10.2. The zero-order valence-corrected chi connectivity index (χ0v) is 10.2. The summed E-state index contributed by atoms with van der Waals surface area (Å²) in [6, 6.07) is 0.594. The molecule has 0 radical (unpaired) electrons. The zero-order chi connectivity index (χ0) is 11.3. The average molecular weight is 212 g/mol. The van der Waals surface area contributed by atoms with E-state index in [-0.39, 0.29) is 0 Å². The molecule has 1 fully saturated rings. The summed E-state index contributed by atoms with van der Waals surface area (Å²) < 4.78 is 0. The number of hydrogen-bond donors (Lipinski definition) is 2. The molecular formula is C11H24N4. The Labute approximate surface area is 92.9 Å². The van der Waals surface area contributed by atoms with Crippen LogP contribution < -0.4 is 11.3 Å². The topological polar surface area (TPSA) is 53.6 Å². The molecule has 1 aliphatic rings. The molecule has 1 rings (SSSR count). The normalized spacial score (nSPS) is 22.6. The first kappa shape index (κ1) is 12.3. The Hall–Kier alpha value is -0.770. The van der Waals surface area contributed by atoms with Crippen LogP contribution in [0.5, 0.6) is 0 Å². The van der Waals surface area contributed by atoms with Gasteiger partial charge < -0.3 is 4.90 Å². The van der Waals surface area contributed by atoms with Crippen molar-refractivity contribution in [1.29, 1.82) is 0 Å². The van der Waals surface area contributed by atoms with Crippen molar-refractivity contribution < 1.29 is 0 Å². The molecule has 0 aromatic carbocycles. The van der Waals surface area contributed by atoms with E-state index in [9.17, 15) is 0 Å². The molecule has 1 atom stereocenters. The van der Waals surface area contributed by atoms with E-state index in [0.717, 1.165) is 25.5 Å². The fourth-order valence-corrected chi connectivity index (χ4v) is 2.19. The third kappa shape index (κ3) is 3.09. The third-order valence-corrected chi connectivity index (χ3v) is 2.96. The summed E-state index contributed by atoms with van der Waals surface area (Å²) in [5, 5.41) is 0. The molecule has 0 aromatic rings. The Morgan fingerprint density at radius 3 is 2.87 bits per heavy atom. The molecule has 1 unspecified atom stereocenters. The van der Waals surface area contributed by atoms with Crippen LogP contribution in [-0.2, 0) is 0 Å². The maximum atomic E-state index is 5.53. The van der Waals surface area contributed by atoms with E-state index in [1.54, 1.807) is 0 Å². The lowest BCUT2D eigenvalue weighted by molar-refractivity contribution is 0.300. The van der Waals surface area contributed by atoms with Gasteiger partial charge in [0.2, 0.25) is 5.96 Å². The standard InChI is InChI=1S/C11H24N4/c1-4-7-13-11(14-12)15-8-5-6-10(15)9(2)3/h9-10H,4-8,12H2,1-3H3,(H,13,14). The fraction of sp³-hybridized carbons (Fsp3) is 0.909. The number of hydrazine groups is 1. The molecule has 0 aliphatic carbocycles. The molecule has 1 heterocycles. The molecular weight excluding hydrogens is 188 g/mol. The SMILES string of the molecule is CCCN=C(NN)N1CCCC1C(C)C. The van der Waals surface area contributed by atoms with Gasteiger partial charge in [-0.05, 0) is 25.2 Å². The van der Waals surface area contributed by atoms with Crippen molar-refractivity contribution >= 4 is 5.96 Å². The van der Waals surface area contributed by atoms with Gasteiger partial charge in [-0.2, -0.15) is 0 Å². The molecule has 4 nitrogen and oxygen atoms in total. The van der Waals surface area contributed by atoms with E-state index in [4.69, 9.17) is 5.84 Å². The second-order valence-corrected chi connectivity index (χ2v) is 4.50. The van der Waals surface area contributed by atoms with Crippen LogP contribution in [0.25, 0.3) is 0 Å². The van der Waals surface area contributed by atoms with Crippen molar-refractivity contribution in [2.45, 2.75) is 46.1 Å². The fourth-order valence-electron chi connectivity index (χ4n) is 2.19. The summed E-state index contributed by atoms with van der Waals surface area (Å²) in [5.41, 5.74) is 2.74. The first-order valence-electron chi connectivity index (χ1n) is 5.98. The summed E-state index contributed by atoms with van der Waals surface area (Å²) in [5.74, 6) is 7.06. The highest BCUT2D eigenvalue weighted by Gasteiger charge is 2.29. The number of rotatable bonds is 3. The summed E-state index contributed by atoms with van der Waals surface area (Å²) in [6.45, 7) is 8.58. The summed E-state index contributed by atoms with van der Waals surface area (Å²) in [6.07, 6.45) is 3.56. The van der Waals surface area contributed by atoms with Gasteiger partial charge in [-0.1, -0.05) is 20.8 Å². The Balaban J connectivity index is 2.66. The largest absolute Gasteiger partial charge is 0.339 e. The maximum absolute atomic E-state index is 5.53. The predicted molar refractivity (Wildman–Crippen MR) is 64.5 cm³/mol. The van der Waals surface area contributed by atoms with E-state index >= 15 is 0 Å². The summed E-state index contributed by atoms with van der Waals surface area (Å²) >= 11 is 0. The lowest BCUT2D eigenvalue weighted by atomic mass is 10.0. The van der Waals surface area contributed by atoms with Gasteiger partial charge in [-0.25, -0.2) is 5.84 Å². The number of hydrogen-bond acceptors (Lipinski definition) is 2. The Morgan fingerprint density at radius 1 is 1.60 bits per heavy atom. The van der Waals surface area contributed by atoms with E-state index in [1.807, 2.05) is 0 Å². The van der Waals surface area contributed by atoms with Crippen molar-refractivity contribution in [2.24, 2.45) is 16.8 Å². The predicted octanol–water partition coefficient (Wildman–Crippen LogP) is 1.34. The minimum atomic E-state index is 0.594. The lowest BCUT2D eigenvalue weighted by Crippen LogP contribution is -2.48. The van der Waals surface area contributed by atoms with E-state index in [1.165, 1.54) is 12.8 Å². The van der Waals surface area contributed by atoms with Gasteiger partial charge in [0.1, 0.15) is 0 Å². The van der Waals surface area contributed by atoms with Crippen LogP contribution >= 0.6 is 0 Å². The second-order valence-electron chi connectivity index (χ2n) is 4.50. The lowest BCUT2D eigenvalue weighted by Gasteiger charge is -2.30. The molecule has 3 N–H and O–H groups in total. The van der Waals surface area contributed by atoms with Crippen molar-refractivity contribution in [3.63, 3.8) is 0 Å². The average Bonchev–Trinajstić information content (AvgIpc) is 2.68. The van der Waals surface area contributed by atoms with Crippen molar-refractivity contribution in [2.75, 3.05) is 13.1 Å². The number of guanidine groups is 1. The molecule has 0 amide bonds. The van der Waals surface area contributed by atoms with E-state index in [2.05, 4.69) is 36.1 Å². The molecule has 0 spiro atoms. The quantitative estimate of drug-likeness (QED) is 0.321. The van der Waals surface area contributed by atoms with Crippen LogP contribution in [0.2, 0.25) is 0 Å². The van der Waals surface area contributed by atoms with Gasteiger partial charge in [-0.3, -0.25) is 10.4 Å². The van der Waals surface area contributed by atoms with Gasteiger partial charge >= 0.3 is 0 Å².